The van der Waals surface area contributed by atoms with Gasteiger partial charge in [0, 0.05) is 68.4 Å². The number of ether oxygens (including phenoxy) is 3. The summed E-state index contributed by atoms with van der Waals surface area (Å²) in [6.45, 7) is 14.3. The Morgan fingerprint density at radius 2 is 1.70 bits per heavy atom. The van der Waals surface area contributed by atoms with Gasteiger partial charge in [-0.1, -0.05) is 26.7 Å². The lowest BCUT2D eigenvalue weighted by atomic mass is 10.1. The zero-order chi connectivity index (χ0) is 32.8. The third-order valence-corrected chi connectivity index (χ3v) is 8.46. The Kier molecular flexibility index (Phi) is 10.4. The van der Waals surface area contributed by atoms with E-state index in [0.717, 1.165) is 108 Å². The van der Waals surface area contributed by atoms with E-state index in [2.05, 4.69) is 46.8 Å². The fourth-order valence-corrected chi connectivity index (χ4v) is 5.98. The normalized spacial score (nSPS) is 13.8. The number of nitrogens with one attached hydrogen (secondary N) is 1. The largest absolute Gasteiger partial charge is 0.497 e. The summed E-state index contributed by atoms with van der Waals surface area (Å²) in [5.41, 5.74) is 4.58. The van der Waals surface area contributed by atoms with Crippen LogP contribution in [0.4, 0.5) is 16.3 Å². The van der Waals surface area contributed by atoms with Crippen molar-refractivity contribution in [1.82, 2.24) is 19.4 Å². The third-order valence-electron chi connectivity index (χ3n) is 8.46. The van der Waals surface area contributed by atoms with Crippen molar-refractivity contribution in [2.45, 2.75) is 85.4 Å². The molecular weight excluding hydrogens is 580 g/mol. The van der Waals surface area contributed by atoms with Crippen LogP contribution in [0.3, 0.4) is 0 Å². The highest BCUT2D eigenvalue weighted by Crippen LogP contribution is 2.35. The fourth-order valence-electron chi connectivity index (χ4n) is 5.98. The number of piperazine rings is 1. The van der Waals surface area contributed by atoms with Gasteiger partial charge in [0.05, 0.1) is 25.3 Å². The van der Waals surface area contributed by atoms with E-state index < -0.39 is 5.60 Å². The minimum Gasteiger partial charge on any atom is -0.497 e. The number of hydrogen-bond acceptors (Lipinski definition) is 8. The number of carbonyl (C=O) groups excluding carboxylic acids is 1. The number of unbranched alkanes of at least 4 members (excludes halogenated alkanes) is 2. The predicted octanol–water partition coefficient (Wildman–Crippen LogP) is 7.41. The third kappa shape index (κ3) is 7.43. The summed E-state index contributed by atoms with van der Waals surface area (Å²) in [6, 6.07) is 12.4. The van der Waals surface area contributed by atoms with Crippen LogP contribution < -0.4 is 19.7 Å². The van der Waals surface area contributed by atoms with Gasteiger partial charge in [-0.2, -0.15) is 0 Å². The molecule has 1 amide bonds. The summed E-state index contributed by atoms with van der Waals surface area (Å²) < 4.78 is 19.1. The van der Waals surface area contributed by atoms with Gasteiger partial charge in [0.2, 0.25) is 0 Å². The van der Waals surface area contributed by atoms with Gasteiger partial charge in [-0.15, -0.1) is 0 Å². The van der Waals surface area contributed by atoms with Crippen LogP contribution in [0.25, 0.3) is 21.9 Å². The second-order valence-electron chi connectivity index (χ2n) is 13.0. The van der Waals surface area contributed by atoms with Crippen LogP contribution in [0.5, 0.6) is 11.5 Å². The number of pyridine rings is 1. The van der Waals surface area contributed by atoms with Crippen LogP contribution in [-0.2, 0) is 24.2 Å². The molecule has 0 radical (unpaired) electrons. The standard InChI is InChI=1S/C36H50N6O4/c1-8-10-12-31-39-32-33(42(31)17-11-9-2)28-22-26(40-18-20-41(21-19-40)35(43)46-36(3,4)5)14-16-29(28)38-34(32)37-24-25-13-15-27(44-6)23-30(25)45-7/h13-16,22-23H,8-12,17-21,24H2,1-7H3,(H,37,38). The number of methoxy groups -OCH3 is 2. The molecule has 4 aromatic rings. The Balaban J connectivity index is 1.52. The van der Waals surface area contributed by atoms with Crippen LogP contribution in [0.2, 0.25) is 0 Å². The molecule has 2 aromatic carbocycles. The van der Waals surface area contributed by atoms with Crippen molar-refractivity contribution in [3.8, 4) is 11.5 Å². The first-order valence-electron chi connectivity index (χ1n) is 16.7. The molecule has 0 saturated carbocycles. The number of imidazole rings is 1. The topological polar surface area (TPSA) is 94.0 Å². The Bertz CT molecular complexity index is 1650. The highest BCUT2D eigenvalue weighted by Gasteiger charge is 2.27. The number of fused-ring (bicyclic) bond motifs is 3. The first-order chi connectivity index (χ1) is 22.1. The average molecular weight is 631 g/mol. The van der Waals surface area contributed by atoms with Gasteiger partial charge in [-0.3, -0.25) is 0 Å². The highest BCUT2D eigenvalue weighted by molar-refractivity contribution is 6.08. The van der Waals surface area contributed by atoms with Crippen molar-refractivity contribution < 1.29 is 19.0 Å². The Morgan fingerprint density at radius 1 is 0.935 bits per heavy atom. The first-order valence-corrected chi connectivity index (χ1v) is 16.7. The Labute approximate surface area is 273 Å². The zero-order valence-corrected chi connectivity index (χ0v) is 28.6. The van der Waals surface area contributed by atoms with E-state index in [-0.39, 0.29) is 6.09 Å². The van der Waals surface area contributed by atoms with Crippen molar-refractivity contribution >= 4 is 39.5 Å². The van der Waals surface area contributed by atoms with Crippen molar-refractivity contribution in [2.75, 3.05) is 50.6 Å². The number of hydrogen-bond donors (Lipinski definition) is 1. The molecule has 0 atom stereocenters. The number of aromatic nitrogens is 3. The zero-order valence-electron chi connectivity index (χ0n) is 28.6. The molecule has 10 nitrogen and oxygen atoms in total. The number of anilines is 2. The number of amides is 1. The monoisotopic (exact) mass is 630 g/mol. The molecule has 1 N–H and O–H groups in total. The Hall–Kier alpha value is -4.21. The summed E-state index contributed by atoms with van der Waals surface area (Å²) in [7, 11) is 3.33. The molecule has 46 heavy (non-hydrogen) atoms. The molecule has 248 valence electrons. The number of carbonyl (C=O) groups is 1. The maximum absolute atomic E-state index is 12.7. The van der Waals surface area contributed by atoms with E-state index in [0.29, 0.717) is 19.6 Å². The highest BCUT2D eigenvalue weighted by atomic mass is 16.6. The van der Waals surface area contributed by atoms with Crippen LogP contribution in [0.1, 0.15) is 71.7 Å². The van der Waals surface area contributed by atoms with Gasteiger partial charge in [0.15, 0.2) is 5.82 Å². The average Bonchev–Trinajstić information content (AvgIpc) is 3.42. The molecule has 1 aliphatic rings. The van der Waals surface area contributed by atoms with E-state index in [1.54, 1.807) is 19.1 Å². The molecule has 0 aliphatic carbocycles. The van der Waals surface area contributed by atoms with Crippen LogP contribution in [-0.4, -0.2) is 71.5 Å². The molecular formula is C36H50N6O4. The smallest absolute Gasteiger partial charge is 0.410 e. The van der Waals surface area contributed by atoms with Crippen LogP contribution >= 0.6 is 0 Å². The fraction of sp³-hybridized carbons (Fsp3) is 0.528. The van der Waals surface area contributed by atoms with Gasteiger partial charge in [-0.25, -0.2) is 14.8 Å². The number of nitrogens with zero attached hydrogens (tertiary/aromatic N) is 5. The van der Waals surface area contributed by atoms with Crippen LogP contribution in [0, 0.1) is 0 Å². The van der Waals surface area contributed by atoms with E-state index in [1.165, 1.54) is 0 Å². The minimum atomic E-state index is -0.504. The molecule has 0 unspecified atom stereocenters. The molecule has 0 spiro atoms. The van der Waals surface area contributed by atoms with E-state index in [1.807, 2.05) is 39.0 Å². The van der Waals surface area contributed by atoms with Crippen LogP contribution in [0.15, 0.2) is 36.4 Å². The molecule has 3 heterocycles. The summed E-state index contributed by atoms with van der Waals surface area (Å²) in [6.07, 6.45) is 5.05. The molecule has 1 fully saturated rings. The summed E-state index contributed by atoms with van der Waals surface area (Å²) in [5, 5.41) is 4.70. The second-order valence-corrected chi connectivity index (χ2v) is 13.0. The van der Waals surface area contributed by atoms with E-state index in [4.69, 9.17) is 24.2 Å². The summed E-state index contributed by atoms with van der Waals surface area (Å²) in [5.74, 6) is 3.40. The number of benzene rings is 2. The number of aryl methyl sites for hydroxylation is 2. The Morgan fingerprint density at radius 3 is 2.37 bits per heavy atom. The van der Waals surface area contributed by atoms with E-state index >= 15 is 0 Å². The molecule has 10 heteroatoms. The quantitative estimate of drug-likeness (QED) is 0.173. The second kappa shape index (κ2) is 14.5. The lowest BCUT2D eigenvalue weighted by Gasteiger charge is -2.36. The van der Waals surface area contributed by atoms with Gasteiger partial charge in [0.1, 0.15) is 28.4 Å². The number of rotatable bonds is 12. The van der Waals surface area contributed by atoms with Crippen molar-refractivity contribution in [2.24, 2.45) is 0 Å². The minimum absolute atomic E-state index is 0.247. The molecule has 5 rings (SSSR count). The summed E-state index contributed by atoms with van der Waals surface area (Å²) >= 11 is 0. The van der Waals surface area contributed by atoms with Gasteiger partial charge in [0.25, 0.3) is 0 Å². The van der Waals surface area contributed by atoms with Crippen molar-refractivity contribution in [1.29, 1.82) is 0 Å². The van der Waals surface area contributed by atoms with Crippen molar-refractivity contribution in [3.63, 3.8) is 0 Å². The SMILES string of the molecule is CCCCc1nc2c(NCc3ccc(OC)cc3OC)nc3ccc(N4CCN(C(=O)OC(C)(C)C)CC4)cc3c2n1CCCC. The summed E-state index contributed by atoms with van der Waals surface area (Å²) in [4.78, 5) is 27.2. The van der Waals surface area contributed by atoms with Gasteiger partial charge < -0.3 is 33.9 Å². The van der Waals surface area contributed by atoms with Crippen molar-refractivity contribution in [3.05, 3.63) is 47.8 Å². The molecule has 1 aliphatic heterocycles. The lowest BCUT2D eigenvalue weighted by molar-refractivity contribution is 0.0240. The van der Waals surface area contributed by atoms with Gasteiger partial charge >= 0.3 is 6.09 Å². The molecule has 1 saturated heterocycles. The maximum Gasteiger partial charge on any atom is 0.410 e. The predicted molar refractivity (Wildman–Crippen MR) is 185 cm³/mol. The first kappa shape index (κ1) is 33.2. The van der Waals surface area contributed by atoms with E-state index in [9.17, 15) is 4.79 Å². The maximum atomic E-state index is 12.7. The van der Waals surface area contributed by atoms with Gasteiger partial charge in [-0.05, 0) is 63.9 Å². The lowest BCUT2D eigenvalue weighted by Crippen LogP contribution is -2.50. The molecule has 0 bridgehead atoms. The molecule has 2 aromatic heterocycles.